The number of hydrogen-bond acceptors (Lipinski definition) is 4. The molecule has 0 aliphatic carbocycles. The largest absolute Gasteiger partial charge is 0.486 e. The lowest BCUT2D eigenvalue weighted by molar-refractivity contribution is 0.171. The minimum atomic E-state index is -0.136. The molecule has 0 aromatic heterocycles. The lowest BCUT2D eigenvalue weighted by Crippen LogP contribution is -2.29. The molecule has 2 aromatic rings. The van der Waals surface area contributed by atoms with E-state index in [2.05, 4.69) is 37.3 Å². The van der Waals surface area contributed by atoms with Gasteiger partial charge in [0.05, 0.1) is 6.04 Å². The molecular weight excluding hydrogens is 400 g/mol. The van der Waals surface area contributed by atoms with Gasteiger partial charge in [-0.1, -0.05) is 44.0 Å². The molecule has 1 aliphatic heterocycles. The van der Waals surface area contributed by atoms with Crippen LogP contribution in [0.4, 0.5) is 0 Å². The minimum absolute atomic E-state index is 0.136. The molecule has 0 fully saturated rings. The van der Waals surface area contributed by atoms with E-state index in [1.807, 2.05) is 36.4 Å². The molecule has 110 valence electrons. The lowest BCUT2D eigenvalue weighted by Gasteiger charge is -2.22. The second-order valence-electron chi connectivity index (χ2n) is 4.67. The van der Waals surface area contributed by atoms with Gasteiger partial charge in [0.1, 0.15) is 13.2 Å². The number of nitrogens with two attached hydrogens (primary N) is 1. The van der Waals surface area contributed by atoms with Crippen LogP contribution < -0.4 is 20.7 Å². The van der Waals surface area contributed by atoms with Crippen LogP contribution in [0.1, 0.15) is 17.2 Å². The maximum absolute atomic E-state index is 5.77. The highest BCUT2D eigenvalue weighted by Crippen LogP contribution is 2.36. The Balaban J connectivity index is 1.99. The third-order valence-corrected chi connectivity index (χ3v) is 4.52. The van der Waals surface area contributed by atoms with Crippen molar-refractivity contribution in [3.8, 4) is 11.5 Å². The highest BCUT2D eigenvalue weighted by molar-refractivity contribution is 9.11. The molecule has 4 nitrogen and oxygen atoms in total. The van der Waals surface area contributed by atoms with Gasteiger partial charge >= 0.3 is 0 Å². The van der Waals surface area contributed by atoms with Crippen molar-refractivity contribution in [3.63, 3.8) is 0 Å². The Morgan fingerprint density at radius 3 is 2.48 bits per heavy atom. The molecule has 1 heterocycles. The zero-order valence-corrected chi connectivity index (χ0v) is 14.3. The van der Waals surface area contributed by atoms with Crippen LogP contribution in [-0.4, -0.2) is 13.2 Å². The first-order valence-electron chi connectivity index (χ1n) is 6.49. The standard InChI is InChI=1S/C15H14Br2N2O2/c16-10-2-3-11(12(17)8-10)15(19-18)9-1-4-13-14(7-9)21-6-5-20-13/h1-4,7-8,15,19H,5-6,18H2. The Bertz CT molecular complexity index is 664. The smallest absolute Gasteiger partial charge is 0.161 e. The van der Waals surface area contributed by atoms with Crippen molar-refractivity contribution in [2.75, 3.05) is 13.2 Å². The van der Waals surface area contributed by atoms with Gasteiger partial charge in [0.25, 0.3) is 0 Å². The van der Waals surface area contributed by atoms with Crippen LogP contribution in [0.3, 0.4) is 0 Å². The molecule has 0 bridgehead atoms. The number of fused-ring (bicyclic) bond motifs is 1. The Morgan fingerprint density at radius 2 is 1.76 bits per heavy atom. The van der Waals surface area contributed by atoms with E-state index in [0.717, 1.165) is 31.6 Å². The molecule has 6 heteroatoms. The summed E-state index contributed by atoms with van der Waals surface area (Å²) in [7, 11) is 0. The molecule has 3 rings (SSSR count). The summed E-state index contributed by atoms with van der Waals surface area (Å²) >= 11 is 7.03. The molecule has 0 radical (unpaired) electrons. The quantitative estimate of drug-likeness (QED) is 0.596. The van der Waals surface area contributed by atoms with E-state index in [0.29, 0.717) is 13.2 Å². The first kappa shape index (κ1) is 14.8. The zero-order chi connectivity index (χ0) is 14.8. The van der Waals surface area contributed by atoms with Crippen molar-refractivity contribution in [1.29, 1.82) is 0 Å². The average molecular weight is 414 g/mol. The summed E-state index contributed by atoms with van der Waals surface area (Å²) in [4.78, 5) is 0. The predicted octanol–water partition coefficient (Wildman–Crippen LogP) is 3.54. The van der Waals surface area contributed by atoms with Crippen molar-refractivity contribution in [1.82, 2.24) is 5.43 Å². The third-order valence-electron chi connectivity index (χ3n) is 3.34. The molecule has 0 amide bonds. The van der Waals surface area contributed by atoms with Gasteiger partial charge in [-0.15, -0.1) is 0 Å². The number of hydrazine groups is 1. The molecule has 1 unspecified atom stereocenters. The van der Waals surface area contributed by atoms with E-state index >= 15 is 0 Å². The van der Waals surface area contributed by atoms with Gasteiger partial charge < -0.3 is 9.47 Å². The molecule has 3 N–H and O–H groups in total. The second-order valence-corrected chi connectivity index (χ2v) is 6.44. The van der Waals surface area contributed by atoms with E-state index in [-0.39, 0.29) is 6.04 Å². The Kier molecular flexibility index (Phi) is 4.49. The minimum Gasteiger partial charge on any atom is -0.486 e. The monoisotopic (exact) mass is 412 g/mol. The van der Waals surface area contributed by atoms with Crippen LogP contribution >= 0.6 is 31.9 Å². The highest BCUT2D eigenvalue weighted by Gasteiger charge is 2.19. The summed E-state index contributed by atoms with van der Waals surface area (Å²) < 4.78 is 13.2. The molecule has 1 aliphatic rings. The van der Waals surface area contributed by atoms with Crippen LogP contribution in [0.2, 0.25) is 0 Å². The molecule has 21 heavy (non-hydrogen) atoms. The van der Waals surface area contributed by atoms with E-state index in [9.17, 15) is 0 Å². The van der Waals surface area contributed by atoms with E-state index in [4.69, 9.17) is 15.3 Å². The van der Waals surface area contributed by atoms with E-state index < -0.39 is 0 Å². The van der Waals surface area contributed by atoms with Crippen LogP contribution in [0.25, 0.3) is 0 Å². The first-order valence-corrected chi connectivity index (χ1v) is 8.08. The predicted molar refractivity (Wildman–Crippen MR) is 88.4 cm³/mol. The fourth-order valence-electron chi connectivity index (χ4n) is 2.34. The van der Waals surface area contributed by atoms with E-state index in [1.165, 1.54) is 0 Å². The summed E-state index contributed by atoms with van der Waals surface area (Å²) in [6.45, 7) is 1.16. The summed E-state index contributed by atoms with van der Waals surface area (Å²) in [6.07, 6.45) is 0. The maximum atomic E-state index is 5.77. The number of halogens is 2. The van der Waals surface area contributed by atoms with Gasteiger partial charge in [0.15, 0.2) is 11.5 Å². The maximum Gasteiger partial charge on any atom is 0.161 e. The molecule has 0 saturated carbocycles. The fraction of sp³-hybridized carbons (Fsp3) is 0.200. The van der Waals surface area contributed by atoms with Crippen molar-refractivity contribution in [3.05, 3.63) is 56.5 Å². The topological polar surface area (TPSA) is 56.5 Å². The Morgan fingerprint density at radius 1 is 1.00 bits per heavy atom. The van der Waals surface area contributed by atoms with Crippen LogP contribution in [0, 0.1) is 0 Å². The Hall–Kier alpha value is -1.08. The van der Waals surface area contributed by atoms with Gasteiger partial charge in [0, 0.05) is 8.95 Å². The summed E-state index contributed by atoms with van der Waals surface area (Å²) in [5.74, 6) is 7.30. The molecule has 2 aromatic carbocycles. The van der Waals surface area contributed by atoms with Gasteiger partial charge in [-0.2, -0.15) is 0 Å². The molecule has 1 atom stereocenters. The summed E-state index contributed by atoms with van der Waals surface area (Å²) in [5.41, 5.74) is 4.93. The number of benzene rings is 2. The molecule has 0 spiro atoms. The highest BCUT2D eigenvalue weighted by atomic mass is 79.9. The lowest BCUT2D eigenvalue weighted by atomic mass is 9.99. The normalized spacial score (nSPS) is 14.8. The first-order chi connectivity index (χ1) is 10.2. The second kappa shape index (κ2) is 6.36. The van der Waals surface area contributed by atoms with Crippen molar-refractivity contribution >= 4 is 31.9 Å². The number of ether oxygens (including phenoxy) is 2. The van der Waals surface area contributed by atoms with Crippen molar-refractivity contribution in [2.24, 2.45) is 5.84 Å². The summed E-state index contributed by atoms with van der Waals surface area (Å²) in [6, 6.07) is 11.7. The fourth-order valence-corrected chi connectivity index (χ4v) is 3.62. The molecular formula is C15H14Br2N2O2. The van der Waals surface area contributed by atoms with Crippen LogP contribution in [-0.2, 0) is 0 Å². The number of rotatable bonds is 3. The van der Waals surface area contributed by atoms with Crippen LogP contribution in [0.5, 0.6) is 11.5 Å². The van der Waals surface area contributed by atoms with Gasteiger partial charge in [0.2, 0.25) is 0 Å². The van der Waals surface area contributed by atoms with Gasteiger partial charge in [-0.05, 0) is 35.4 Å². The SMILES string of the molecule is NNC(c1ccc2c(c1)OCCO2)c1ccc(Br)cc1Br. The Labute approximate surface area is 139 Å². The van der Waals surface area contributed by atoms with E-state index in [1.54, 1.807) is 0 Å². The number of nitrogens with one attached hydrogen (secondary N) is 1. The van der Waals surface area contributed by atoms with Crippen LogP contribution in [0.15, 0.2) is 45.3 Å². The van der Waals surface area contributed by atoms with Gasteiger partial charge in [-0.25, -0.2) is 5.43 Å². The van der Waals surface area contributed by atoms with Gasteiger partial charge in [-0.3, -0.25) is 5.84 Å². The van der Waals surface area contributed by atoms with Crippen molar-refractivity contribution in [2.45, 2.75) is 6.04 Å². The molecule has 0 saturated heterocycles. The third kappa shape index (κ3) is 3.08. The average Bonchev–Trinajstić information content (AvgIpc) is 2.50. The zero-order valence-electron chi connectivity index (χ0n) is 11.1. The number of hydrogen-bond donors (Lipinski definition) is 2. The summed E-state index contributed by atoms with van der Waals surface area (Å²) in [5, 5.41) is 0. The van der Waals surface area contributed by atoms with Crippen molar-refractivity contribution < 1.29 is 9.47 Å².